The number of nitrogens with one attached hydrogen (secondary N) is 1. The molecule has 0 radical (unpaired) electrons. The monoisotopic (exact) mass is 290 g/mol. The summed E-state index contributed by atoms with van der Waals surface area (Å²) in [4.78, 5) is 24.7. The smallest absolute Gasteiger partial charge is 0.306 e. The van der Waals surface area contributed by atoms with Crippen LogP contribution in [0, 0.1) is 12.8 Å². The van der Waals surface area contributed by atoms with Gasteiger partial charge >= 0.3 is 5.97 Å². The van der Waals surface area contributed by atoms with E-state index >= 15 is 0 Å². The summed E-state index contributed by atoms with van der Waals surface area (Å²) >= 11 is 0. The van der Waals surface area contributed by atoms with E-state index in [1.807, 2.05) is 18.2 Å². The van der Waals surface area contributed by atoms with Gasteiger partial charge in [0.25, 0.3) is 0 Å². The van der Waals surface area contributed by atoms with Crippen molar-refractivity contribution in [2.75, 3.05) is 19.6 Å². The number of nitrogens with zero attached hydrogens (tertiary/aromatic N) is 1. The zero-order chi connectivity index (χ0) is 15.2. The van der Waals surface area contributed by atoms with Gasteiger partial charge in [0, 0.05) is 19.6 Å². The van der Waals surface area contributed by atoms with Gasteiger partial charge in [-0.05, 0) is 30.9 Å². The van der Waals surface area contributed by atoms with Gasteiger partial charge in [-0.15, -0.1) is 0 Å². The second kappa shape index (κ2) is 7.22. The number of aryl methyl sites for hydroxylation is 1. The molecule has 0 aromatic heterocycles. The van der Waals surface area contributed by atoms with Gasteiger partial charge in [0.2, 0.25) is 5.91 Å². The molecule has 1 saturated heterocycles. The van der Waals surface area contributed by atoms with E-state index in [1.165, 1.54) is 11.1 Å². The minimum Gasteiger partial charge on any atom is -0.481 e. The summed E-state index contributed by atoms with van der Waals surface area (Å²) in [6.45, 7) is 4.11. The van der Waals surface area contributed by atoms with Crippen molar-refractivity contribution in [3.8, 4) is 0 Å². The Hall–Kier alpha value is -1.88. The first kappa shape index (κ1) is 15.5. The molecular formula is C16H22N2O3. The molecule has 1 heterocycles. The number of amides is 1. The summed E-state index contributed by atoms with van der Waals surface area (Å²) in [5, 5.41) is 12.1. The van der Waals surface area contributed by atoms with E-state index in [0.717, 1.165) is 0 Å². The van der Waals surface area contributed by atoms with Crippen LogP contribution in [0.5, 0.6) is 0 Å². The lowest BCUT2D eigenvalue weighted by Crippen LogP contribution is -2.44. The predicted octanol–water partition coefficient (Wildman–Crippen LogP) is 1.41. The molecule has 1 fully saturated rings. The highest BCUT2D eigenvalue weighted by atomic mass is 16.4. The highest BCUT2D eigenvalue weighted by molar-refractivity contribution is 5.78. The molecule has 0 atom stereocenters. The number of benzene rings is 1. The lowest BCUT2D eigenvalue weighted by Gasteiger charge is -2.30. The maximum Gasteiger partial charge on any atom is 0.306 e. The Bertz CT molecular complexity index is 508. The fourth-order valence-corrected chi connectivity index (χ4v) is 2.60. The average molecular weight is 290 g/mol. The normalized spacial score (nSPS) is 16.0. The summed E-state index contributed by atoms with van der Waals surface area (Å²) < 4.78 is 0. The van der Waals surface area contributed by atoms with Crippen LogP contribution in [-0.2, 0) is 16.1 Å². The number of carboxylic acids is 1. The summed E-state index contributed by atoms with van der Waals surface area (Å²) in [6.07, 6.45) is 1.11. The van der Waals surface area contributed by atoms with Crippen LogP contribution in [0.15, 0.2) is 24.3 Å². The second-order valence-corrected chi connectivity index (χ2v) is 5.52. The molecule has 1 aliphatic rings. The summed E-state index contributed by atoms with van der Waals surface area (Å²) in [6, 6.07) is 8.08. The number of carbonyl (C=O) groups excluding carboxylic acids is 1. The van der Waals surface area contributed by atoms with Crippen molar-refractivity contribution in [1.29, 1.82) is 0 Å². The van der Waals surface area contributed by atoms with Crippen molar-refractivity contribution in [2.45, 2.75) is 26.3 Å². The molecule has 114 valence electrons. The van der Waals surface area contributed by atoms with Crippen LogP contribution in [-0.4, -0.2) is 41.5 Å². The van der Waals surface area contributed by atoms with Gasteiger partial charge in [-0.25, -0.2) is 0 Å². The predicted molar refractivity (Wildman–Crippen MR) is 79.8 cm³/mol. The summed E-state index contributed by atoms with van der Waals surface area (Å²) in [5.41, 5.74) is 2.40. The van der Waals surface area contributed by atoms with Crippen LogP contribution >= 0.6 is 0 Å². The molecule has 0 unspecified atom stereocenters. The van der Waals surface area contributed by atoms with E-state index in [0.29, 0.717) is 39.0 Å². The molecule has 5 heteroatoms. The highest BCUT2D eigenvalue weighted by Crippen LogP contribution is 2.17. The van der Waals surface area contributed by atoms with E-state index in [1.54, 1.807) is 4.90 Å². The molecule has 1 aromatic carbocycles. The topological polar surface area (TPSA) is 69.6 Å². The van der Waals surface area contributed by atoms with Gasteiger partial charge in [0.15, 0.2) is 0 Å². The third-order valence-electron chi connectivity index (χ3n) is 4.05. The number of carboxylic acid groups (broad SMARTS) is 1. The number of hydrogen-bond donors (Lipinski definition) is 2. The van der Waals surface area contributed by atoms with Crippen LogP contribution in [0.1, 0.15) is 24.0 Å². The Balaban J connectivity index is 1.73. The van der Waals surface area contributed by atoms with E-state index in [4.69, 9.17) is 5.11 Å². The molecule has 1 aliphatic heterocycles. The number of likely N-dealkylation sites (tertiary alicyclic amines) is 1. The maximum absolute atomic E-state index is 12.1. The van der Waals surface area contributed by atoms with Gasteiger partial charge in [-0.1, -0.05) is 24.3 Å². The van der Waals surface area contributed by atoms with Crippen LogP contribution in [0.3, 0.4) is 0 Å². The molecule has 21 heavy (non-hydrogen) atoms. The number of hydrogen-bond acceptors (Lipinski definition) is 3. The lowest BCUT2D eigenvalue weighted by molar-refractivity contribution is -0.145. The molecule has 2 rings (SSSR count). The molecule has 0 aliphatic carbocycles. The number of piperidine rings is 1. The third kappa shape index (κ3) is 4.29. The number of carbonyl (C=O) groups is 2. The second-order valence-electron chi connectivity index (χ2n) is 5.52. The van der Waals surface area contributed by atoms with E-state index in [2.05, 4.69) is 18.3 Å². The largest absolute Gasteiger partial charge is 0.481 e. The standard InChI is InChI=1S/C16H22N2O3/c1-12-4-2-3-5-14(12)10-17-11-15(19)18-8-6-13(7-9-18)16(20)21/h2-5,13,17H,6-11H2,1H3,(H,20,21). The minimum atomic E-state index is -0.750. The van der Waals surface area contributed by atoms with Crippen molar-refractivity contribution >= 4 is 11.9 Å². The van der Waals surface area contributed by atoms with Gasteiger partial charge in [-0.3, -0.25) is 9.59 Å². The van der Waals surface area contributed by atoms with Crippen LogP contribution < -0.4 is 5.32 Å². The molecule has 1 aromatic rings. The third-order valence-corrected chi connectivity index (χ3v) is 4.05. The minimum absolute atomic E-state index is 0.0485. The fraction of sp³-hybridized carbons (Fsp3) is 0.500. The molecule has 5 nitrogen and oxygen atoms in total. The average Bonchev–Trinajstić information content (AvgIpc) is 2.49. The highest BCUT2D eigenvalue weighted by Gasteiger charge is 2.26. The fourth-order valence-electron chi connectivity index (χ4n) is 2.60. The SMILES string of the molecule is Cc1ccccc1CNCC(=O)N1CCC(C(=O)O)CC1. The first-order valence-corrected chi connectivity index (χ1v) is 7.33. The molecule has 0 spiro atoms. The van der Waals surface area contributed by atoms with Crippen molar-refractivity contribution < 1.29 is 14.7 Å². The van der Waals surface area contributed by atoms with Crippen molar-refractivity contribution in [1.82, 2.24) is 10.2 Å². The van der Waals surface area contributed by atoms with Crippen molar-refractivity contribution in [3.05, 3.63) is 35.4 Å². The maximum atomic E-state index is 12.1. The molecule has 0 bridgehead atoms. The number of aliphatic carboxylic acids is 1. The Labute approximate surface area is 125 Å². The molecule has 0 saturated carbocycles. The van der Waals surface area contributed by atoms with Crippen molar-refractivity contribution in [2.24, 2.45) is 5.92 Å². The van der Waals surface area contributed by atoms with Gasteiger partial charge in [0.05, 0.1) is 12.5 Å². The molecule has 2 N–H and O–H groups in total. The first-order chi connectivity index (χ1) is 10.1. The van der Waals surface area contributed by atoms with Gasteiger partial charge < -0.3 is 15.3 Å². The summed E-state index contributed by atoms with van der Waals surface area (Å²) in [7, 11) is 0. The Morgan fingerprint density at radius 2 is 1.95 bits per heavy atom. The Kier molecular flexibility index (Phi) is 5.33. The summed E-state index contributed by atoms with van der Waals surface area (Å²) in [5.74, 6) is -0.999. The van der Waals surface area contributed by atoms with Gasteiger partial charge in [0.1, 0.15) is 0 Å². The van der Waals surface area contributed by atoms with E-state index < -0.39 is 5.97 Å². The van der Waals surface area contributed by atoms with E-state index in [-0.39, 0.29) is 11.8 Å². The Morgan fingerprint density at radius 1 is 1.29 bits per heavy atom. The first-order valence-electron chi connectivity index (χ1n) is 7.33. The van der Waals surface area contributed by atoms with Crippen LogP contribution in [0.4, 0.5) is 0 Å². The van der Waals surface area contributed by atoms with E-state index in [9.17, 15) is 9.59 Å². The Morgan fingerprint density at radius 3 is 2.57 bits per heavy atom. The zero-order valence-electron chi connectivity index (χ0n) is 12.3. The lowest BCUT2D eigenvalue weighted by atomic mass is 9.97. The molecule has 1 amide bonds. The van der Waals surface area contributed by atoms with Gasteiger partial charge in [-0.2, -0.15) is 0 Å². The molecular weight excluding hydrogens is 268 g/mol. The van der Waals surface area contributed by atoms with Crippen molar-refractivity contribution in [3.63, 3.8) is 0 Å². The quantitative estimate of drug-likeness (QED) is 0.860. The zero-order valence-corrected chi connectivity index (χ0v) is 12.3. The van der Waals surface area contributed by atoms with Crippen LogP contribution in [0.25, 0.3) is 0 Å². The number of rotatable bonds is 5. The van der Waals surface area contributed by atoms with Crippen LogP contribution in [0.2, 0.25) is 0 Å².